The standard InChI is InChI=1S/C32H47NO9/c1-20(19-34)16-21(2)27(36)18-28(22(3)17-24-10-12-25(35)13-11-24)42-31(39)26-9-5-6-14-33(26)30(38)29(37)32(40)23(4)8-7-15-41-32/h7,15-16,19,21-26,28,35,40H,5-6,8-14,17-18H2,1-4H3/b20-16+/t21-,22-,23-,24-,25-,26+,28+,32-/m1/s1. The number of allylic oxidation sites excluding steroid dienone is 3. The number of aldehydes is 1. The maximum atomic E-state index is 13.6. The van der Waals surface area contributed by atoms with Gasteiger partial charge in [0.25, 0.3) is 17.5 Å². The topological polar surface area (TPSA) is 148 Å². The van der Waals surface area contributed by atoms with Crippen molar-refractivity contribution in [1.29, 1.82) is 0 Å². The average Bonchev–Trinajstić information content (AvgIpc) is 2.98. The van der Waals surface area contributed by atoms with Crippen molar-refractivity contribution in [3.05, 3.63) is 24.0 Å². The number of amides is 1. The number of rotatable bonds is 12. The van der Waals surface area contributed by atoms with Gasteiger partial charge in [0.05, 0.1) is 12.4 Å². The second-order valence-electron chi connectivity index (χ2n) is 12.5. The fraction of sp³-hybridized carbons (Fsp3) is 0.719. The van der Waals surface area contributed by atoms with Gasteiger partial charge >= 0.3 is 5.97 Å². The molecule has 3 aliphatic rings. The lowest BCUT2D eigenvalue weighted by Crippen LogP contribution is -2.58. The van der Waals surface area contributed by atoms with Crippen LogP contribution in [0.3, 0.4) is 0 Å². The molecule has 3 rings (SSSR count). The van der Waals surface area contributed by atoms with Crippen molar-refractivity contribution in [3.63, 3.8) is 0 Å². The van der Waals surface area contributed by atoms with Gasteiger partial charge in [-0.1, -0.05) is 26.8 Å². The van der Waals surface area contributed by atoms with Crippen LogP contribution in [0.5, 0.6) is 0 Å². The Balaban J connectivity index is 1.77. The summed E-state index contributed by atoms with van der Waals surface area (Å²) in [6.45, 7) is 7.02. The number of aliphatic hydroxyl groups excluding tert-OH is 1. The Morgan fingerprint density at radius 2 is 1.81 bits per heavy atom. The lowest BCUT2D eigenvalue weighted by atomic mass is 9.79. The summed E-state index contributed by atoms with van der Waals surface area (Å²) >= 11 is 0. The van der Waals surface area contributed by atoms with Gasteiger partial charge in [-0.25, -0.2) is 4.79 Å². The Morgan fingerprint density at radius 1 is 1.12 bits per heavy atom. The van der Waals surface area contributed by atoms with Gasteiger partial charge in [-0.15, -0.1) is 0 Å². The van der Waals surface area contributed by atoms with Crippen LogP contribution in [0.2, 0.25) is 0 Å². The highest BCUT2D eigenvalue weighted by atomic mass is 16.6. The number of ketones is 2. The van der Waals surface area contributed by atoms with Crippen molar-refractivity contribution >= 4 is 29.7 Å². The Kier molecular flexibility index (Phi) is 12.1. The fourth-order valence-corrected chi connectivity index (χ4v) is 6.22. The second kappa shape index (κ2) is 15.0. The molecular formula is C32H47NO9. The van der Waals surface area contributed by atoms with Gasteiger partial charge in [0, 0.05) is 24.8 Å². The van der Waals surface area contributed by atoms with Crippen LogP contribution in [0.15, 0.2) is 24.0 Å². The van der Waals surface area contributed by atoms with Gasteiger partial charge < -0.3 is 24.6 Å². The minimum atomic E-state index is -2.31. The summed E-state index contributed by atoms with van der Waals surface area (Å²) in [5, 5.41) is 20.8. The summed E-state index contributed by atoms with van der Waals surface area (Å²) in [5.74, 6) is -6.33. The van der Waals surface area contributed by atoms with E-state index in [0.717, 1.165) is 12.8 Å². The molecule has 1 amide bonds. The third-order valence-corrected chi connectivity index (χ3v) is 9.09. The predicted octanol–water partition coefficient (Wildman–Crippen LogP) is 3.42. The molecule has 1 saturated carbocycles. The highest BCUT2D eigenvalue weighted by Crippen LogP contribution is 2.33. The maximum Gasteiger partial charge on any atom is 0.329 e. The average molecular weight is 590 g/mol. The van der Waals surface area contributed by atoms with Crippen molar-refractivity contribution < 1.29 is 43.7 Å². The van der Waals surface area contributed by atoms with E-state index >= 15 is 0 Å². The minimum Gasteiger partial charge on any atom is -0.462 e. The van der Waals surface area contributed by atoms with E-state index < -0.39 is 47.4 Å². The van der Waals surface area contributed by atoms with E-state index in [1.807, 2.05) is 6.92 Å². The Hall–Kier alpha value is -2.85. The molecule has 1 aliphatic carbocycles. The molecule has 0 aromatic rings. The summed E-state index contributed by atoms with van der Waals surface area (Å²) < 4.78 is 11.2. The van der Waals surface area contributed by atoms with Crippen LogP contribution in [0.25, 0.3) is 0 Å². The molecule has 10 heteroatoms. The molecule has 0 aromatic heterocycles. The third kappa shape index (κ3) is 8.37. The molecule has 42 heavy (non-hydrogen) atoms. The first-order chi connectivity index (χ1) is 19.9. The van der Waals surface area contributed by atoms with E-state index in [0.29, 0.717) is 62.7 Å². The molecule has 2 heterocycles. The molecule has 0 bridgehead atoms. The van der Waals surface area contributed by atoms with Crippen LogP contribution in [-0.4, -0.2) is 75.4 Å². The lowest BCUT2D eigenvalue weighted by molar-refractivity contribution is -0.210. The lowest BCUT2D eigenvalue weighted by Gasteiger charge is -2.38. The van der Waals surface area contributed by atoms with Gasteiger partial charge in [-0.05, 0) is 88.2 Å². The number of ether oxygens (including phenoxy) is 2. The zero-order valence-electron chi connectivity index (χ0n) is 25.3. The molecule has 2 aliphatic heterocycles. The first kappa shape index (κ1) is 33.6. The molecule has 0 radical (unpaired) electrons. The van der Waals surface area contributed by atoms with Crippen LogP contribution in [-0.2, 0) is 33.4 Å². The summed E-state index contributed by atoms with van der Waals surface area (Å²) in [4.78, 5) is 65.6. The van der Waals surface area contributed by atoms with Crippen LogP contribution >= 0.6 is 0 Å². The van der Waals surface area contributed by atoms with Crippen LogP contribution in [0.1, 0.15) is 91.9 Å². The van der Waals surface area contributed by atoms with E-state index in [4.69, 9.17) is 9.47 Å². The van der Waals surface area contributed by atoms with Crippen molar-refractivity contribution in [2.24, 2.45) is 23.7 Å². The molecule has 0 aromatic carbocycles. The number of hydrogen-bond donors (Lipinski definition) is 2. The SMILES string of the molecule is C/C(C=O)=C\[C@@H](C)C(=O)C[C@H](OC(=O)[C@@H]1CCCCN1C(=O)C(=O)[C@]1(O)OC=CC[C@H]1C)[C@H](C)C[C@H]1CC[C@H](O)CC1. The van der Waals surface area contributed by atoms with Crippen LogP contribution in [0.4, 0.5) is 0 Å². The Labute approximate surface area is 248 Å². The number of Topliss-reactive ketones (excluding diaryl/α,β-unsaturated/α-hetero) is 2. The number of piperidine rings is 1. The second-order valence-corrected chi connectivity index (χ2v) is 12.5. The monoisotopic (exact) mass is 589 g/mol. The summed E-state index contributed by atoms with van der Waals surface area (Å²) in [6, 6.07) is -1.03. The van der Waals surface area contributed by atoms with Crippen molar-refractivity contribution in [2.45, 2.75) is 116 Å². The van der Waals surface area contributed by atoms with Crippen molar-refractivity contribution in [3.8, 4) is 0 Å². The predicted molar refractivity (Wildman–Crippen MR) is 154 cm³/mol. The van der Waals surface area contributed by atoms with E-state index in [1.165, 1.54) is 11.2 Å². The number of aliphatic hydroxyl groups is 2. The number of carbonyl (C=O) groups is 5. The maximum absolute atomic E-state index is 13.6. The van der Waals surface area contributed by atoms with Crippen molar-refractivity contribution in [1.82, 2.24) is 4.90 Å². The zero-order chi connectivity index (χ0) is 31.0. The number of esters is 1. The molecule has 6 atom stereocenters. The molecule has 234 valence electrons. The van der Waals surface area contributed by atoms with E-state index in [9.17, 15) is 34.2 Å². The minimum absolute atomic E-state index is 0.0525. The van der Waals surface area contributed by atoms with Gasteiger partial charge in [0.15, 0.2) is 0 Å². The summed E-state index contributed by atoms with van der Waals surface area (Å²) in [7, 11) is 0. The van der Waals surface area contributed by atoms with E-state index in [-0.39, 0.29) is 30.8 Å². The zero-order valence-corrected chi connectivity index (χ0v) is 25.3. The number of nitrogens with zero attached hydrogens (tertiary/aromatic N) is 1. The molecule has 2 N–H and O–H groups in total. The normalized spacial score (nSPS) is 30.4. The quantitative estimate of drug-likeness (QED) is 0.151. The molecule has 0 unspecified atom stereocenters. The summed E-state index contributed by atoms with van der Waals surface area (Å²) in [6.07, 6.45) is 9.73. The van der Waals surface area contributed by atoms with E-state index in [1.54, 1.807) is 32.9 Å². The van der Waals surface area contributed by atoms with E-state index in [2.05, 4.69) is 0 Å². The van der Waals surface area contributed by atoms with Gasteiger partial charge in [-0.3, -0.25) is 19.2 Å². The number of likely N-dealkylation sites (tertiary alicyclic amines) is 1. The van der Waals surface area contributed by atoms with Gasteiger partial charge in [-0.2, -0.15) is 0 Å². The first-order valence-corrected chi connectivity index (χ1v) is 15.3. The molecular weight excluding hydrogens is 542 g/mol. The molecule has 1 saturated heterocycles. The van der Waals surface area contributed by atoms with Gasteiger partial charge in [0.1, 0.15) is 24.2 Å². The Morgan fingerprint density at radius 3 is 2.45 bits per heavy atom. The van der Waals surface area contributed by atoms with Crippen LogP contribution < -0.4 is 0 Å². The largest absolute Gasteiger partial charge is 0.462 e. The Bertz CT molecular complexity index is 1060. The third-order valence-electron chi connectivity index (χ3n) is 9.09. The fourth-order valence-electron chi connectivity index (χ4n) is 6.22. The highest BCUT2D eigenvalue weighted by molar-refractivity contribution is 6.39. The number of carbonyl (C=O) groups excluding carboxylic acids is 5. The molecule has 2 fully saturated rings. The summed E-state index contributed by atoms with van der Waals surface area (Å²) in [5.41, 5.74) is 0.438. The number of hydrogen-bond acceptors (Lipinski definition) is 9. The van der Waals surface area contributed by atoms with Gasteiger partial charge in [0.2, 0.25) is 0 Å². The smallest absolute Gasteiger partial charge is 0.329 e. The first-order valence-electron chi connectivity index (χ1n) is 15.3. The molecule has 10 nitrogen and oxygen atoms in total. The molecule has 0 spiro atoms. The van der Waals surface area contributed by atoms with Crippen LogP contribution in [0, 0.1) is 23.7 Å². The van der Waals surface area contributed by atoms with Crippen molar-refractivity contribution in [2.75, 3.05) is 6.54 Å². The highest BCUT2D eigenvalue weighted by Gasteiger charge is 2.51.